The van der Waals surface area contributed by atoms with Crippen LogP contribution in [0, 0.1) is 0 Å². The van der Waals surface area contributed by atoms with Crippen LogP contribution in [-0.2, 0) is 5.88 Å². The summed E-state index contributed by atoms with van der Waals surface area (Å²) in [6.45, 7) is 0. The van der Waals surface area contributed by atoms with Crippen molar-refractivity contribution in [1.82, 2.24) is 9.78 Å². The second kappa shape index (κ2) is 1.88. The number of aliphatic imine (C=N–C) groups is 1. The summed E-state index contributed by atoms with van der Waals surface area (Å²) in [5.41, 5.74) is 1.84. The lowest BCUT2D eigenvalue weighted by molar-refractivity contribution is 0.754. The van der Waals surface area contributed by atoms with Crippen molar-refractivity contribution in [2.45, 2.75) is 5.88 Å². The van der Waals surface area contributed by atoms with Gasteiger partial charge in [-0.05, 0) is 0 Å². The first-order valence-electron chi connectivity index (χ1n) is 2.63. The van der Waals surface area contributed by atoms with E-state index in [1.807, 2.05) is 16.3 Å². The van der Waals surface area contributed by atoms with Crippen LogP contribution < -0.4 is 0 Å². The molecule has 0 N–H and O–H groups in total. The van der Waals surface area contributed by atoms with Crippen molar-refractivity contribution in [2.75, 3.05) is 0 Å². The lowest BCUT2D eigenvalue weighted by atomic mass is 10.6. The zero-order chi connectivity index (χ0) is 6.10. The molecule has 1 aromatic rings. The lowest BCUT2D eigenvalue weighted by Crippen LogP contribution is -1.98. The molecule has 1 aliphatic heterocycles. The summed E-state index contributed by atoms with van der Waals surface area (Å²) < 4.78 is 1.87. The quantitative estimate of drug-likeness (QED) is 0.541. The Kier molecular flexibility index (Phi) is 1.05. The topological polar surface area (TPSA) is 30.2 Å². The predicted octanol–water partition coefficient (Wildman–Crippen LogP) is 1.25. The minimum absolute atomic E-state index is 0.895. The first kappa shape index (κ1) is 5.05. The van der Waals surface area contributed by atoms with Crippen LogP contribution in [0.1, 0.15) is 0 Å². The summed E-state index contributed by atoms with van der Waals surface area (Å²) in [6.07, 6.45) is 1.76. The summed E-state index contributed by atoms with van der Waals surface area (Å²) in [7, 11) is 0. The lowest BCUT2D eigenvalue weighted by Gasteiger charge is -2.04. The van der Waals surface area contributed by atoms with Gasteiger partial charge in [0.15, 0.2) is 5.82 Å². The molecule has 0 spiro atoms. The highest BCUT2D eigenvalue weighted by Crippen LogP contribution is 2.18. The van der Waals surface area contributed by atoms with Crippen molar-refractivity contribution in [1.29, 1.82) is 0 Å². The molecule has 0 amide bonds. The highest BCUT2D eigenvalue weighted by atomic mass is 32.2. The molecule has 1 aromatic heterocycles. The van der Waals surface area contributed by atoms with Crippen molar-refractivity contribution >= 4 is 23.1 Å². The molecule has 2 heterocycles. The second-order valence-corrected chi connectivity index (χ2v) is 2.52. The number of hydrogen-bond acceptors (Lipinski definition) is 3. The fraction of sp³-hybridized carbons (Fsp3) is 0.200. The molecular formula is C5H5N3S. The van der Waals surface area contributed by atoms with Crippen LogP contribution in [0.4, 0.5) is 5.82 Å². The van der Waals surface area contributed by atoms with Crippen LogP contribution >= 0.6 is 11.8 Å². The van der Waals surface area contributed by atoms with Gasteiger partial charge in [-0.15, -0.1) is 0 Å². The van der Waals surface area contributed by atoms with Gasteiger partial charge in [0.1, 0.15) is 0 Å². The Labute approximate surface area is 56.8 Å². The van der Waals surface area contributed by atoms with E-state index < -0.39 is 0 Å². The van der Waals surface area contributed by atoms with Gasteiger partial charge in [0.2, 0.25) is 0 Å². The molecule has 0 saturated heterocycles. The van der Waals surface area contributed by atoms with Gasteiger partial charge in [-0.1, -0.05) is 11.8 Å². The third kappa shape index (κ3) is 0.751. The first-order valence-corrected chi connectivity index (χ1v) is 3.67. The minimum atomic E-state index is 0.895. The Hall–Kier alpha value is -0.770. The van der Waals surface area contributed by atoms with Crippen molar-refractivity contribution in [2.24, 2.45) is 4.99 Å². The van der Waals surface area contributed by atoms with Crippen molar-refractivity contribution in [3.63, 3.8) is 0 Å². The summed E-state index contributed by atoms with van der Waals surface area (Å²) in [5.74, 6) is 1.85. The van der Waals surface area contributed by atoms with Crippen molar-refractivity contribution < 1.29 is 0 Å². The zero-order valence-corrected chi connectivity index (χ0v) is 5.51. The van der Waals surface area contributed by atoms with Crippen molar-refractivity contribution in [3.05, 3.63) is 12.3 Å². The number of rotatable bonds is 0. The number of thioether (sulfide) groups is 1. The van der Waals surface area contributed by atoms with E-state index in [4.69, 9.17) is 0 Å². The molecule has 9 heavy (non-hydrogen) atoms. The molecule has 0 radical (unpaired) electrons. The number of fused-ring (bicyclic) bond motifs is 1. The van der Waals surface area contributed by atoms with Gasteiger partial charge in [-0.3, -0.25) is 0 Å². The number of hydrogen-bond donors (Lipinski definition) is 0. The maximum absolute atomic E-state index is 4.09. The van der Waals surface area contributed by atoms with Crippen LogP contribution in [0.25, 0.3) is 0 Å². The molecule has 0 fully saturated rings. The molecule has 0 unspecified atom stereocenters. The van der Waals surface area contributed by atoms with Gasteiger partial charge in [-0.25, -0.2) is 9.67 Å². The Bertz CT molecular complexity index is 240. The fourth-order valence-corrected chi connectivity index (χ4v) is 1.32. The molecule has 2 rings (SSSR count). The van der Waals surface area contributed by atoms with E-state index in [9.17, 15) is 0 Å². The Balaban J connectivity index is 2.53. The van der Waals surface area contributed by atoms with Crippen LogP contribution in [0.3, 0.4) is 0 Å². The van der Waals surface area contributed by atoms with Crippen molar-refractivity contribution in [3.8, 4) is 0 Å². The fourth-order valence-electron chi connectivity index (χ4n) is 0.730. The summed E-state index contributed by atoms with van der Waals surface area (Å²) in [6, 6.07) is 1.90. The molecule has 3 nitrogen and oxygen atoms in total. The van der Waals surface area contributed by atoms with Gasteiger partial charge in [0, 0.05) is 6.07 Å². The van der Waals surface area contributed by atoms with Crippen LogP contribution in [-0.4, -0.2) is 15.3 Å². The summed E-state index contributed by atoms with van der Waals surface area (Å²) >= 11 is 1.65. The third-order valence-corrected chi connectivity index (χ3v) is 1.80. The standard InChI is InChI=1S/C5H5N3S/c1-2-7-8-4-9-3-6-5(1)8/h1-3H,4H2. The summed E-state index contributed by atoms with van der Waals surface area (Å²) in [5, 5.41) is 4.04. The van der Waals surface area contributed by atoms with E-state index in [0.29, 0.717) is 0 Å². The molecule has 1 aliphatic rings. The van der Waals surface area contributed by atoms with E-state index in [-0.39, 0.29) is 0 Å². The van der Waals surface area contributed by atoms with Gasteiger partial charge < -0.3 is 0 Å². The molecular weight excluding hydrogens is 134 g/mol. The molecule has 0 aliphatic carbocycles. The monoisotopic (exact) mass is 139 g/mol. The van der Waals surface area contributed by atoms with E-state index in [0.717, 1.165) is 11.7 Å². The van der Waals surface area contributed by atoms with Gasteiger partial charge in [0.25, 0.3) is 0 Å². The van der Waals surface area contributed by atoms with Gasteiger partial charge in [0.05, 0.1) is 17.6 Å². The zero-order valence-electron chi connectivity index (χ0n) is 4.69. The maximum Gasteiger partial charge on any atom is 0.151 e. The van der Waals surface area contributed by atoms with Crippen LogP contribution in [0.5, 0.6) is 0 Å². The van der Waals surface area contributed by atoms with E-state index in [2.05, 4.69) is 10.1 Å². The highest BCUT2D eigenvalue weighted by Gasteiger charge is 2.02. The Morgan fingerprint density at radius 1 is 1.67 bits per heavy atom. The van der Waals surface area contributed by atoms with Gasteiger partial charge >= 0.3 is 0 Å². The SMILES string of the molecule is C1=Nc2ccnn2CS1. The largest absolute Gasteiger partial charge is 0.237 e. The average Bonchev–Trinajstić information content (AvgIpc) is 2.33. The van der Waals surface area contributed by atoms with Crippen LogP contribution in [0.2, 0.25) is 0 Å². The molecule has 0 bridgehead atoms. The number of nitrogens with zero attached hydrogens (tertiary/aromatic N) is 3. The Morgan fingerprint density at radius 3 is 3.56 bits per heavy atom. The minimum Gasteiger partial charge on any atom is -0.237 e. The highest BCUT2D eigenvalue weighted by molar-refractivity contribution is 8.11. The van der Waals surface area contributed by atoms with E-state index in [1.54, 1.807) is 18.0 Å². The predicted molar refractivity (Wildman–Crippen MR) is 38.0 cm³/mol. The molecule has 46 valence electrons. The van der Waals surface area contributed by atoms with Gasteiger partial charge in [-0.2, -0.15) is 5.10 Å². The smallest absolute Gasteiger partial charge is 0.151 e. The molecule has 0 atom stereocenters. The first-order chi connectivity index (χ1) is 4.47. The normalized spacial score (nSPS) is 15.6. The Morgan fingerprint density at radius 2 is 2.67 bits per heavy atom. The average molecular weight is 139 g/mol. The maximum atomic E-state index is 4.09. The van der Waals surface area contributed by atoms with E-state index >= 15 is 0 Å². The molecule has 0 saturated carbocycles. The van der Waals surface area contributed by atoms with Crippen LogP contribution in [0.15, 0.2) is 17.3 Å². The second-order valence-electron chi connectivity index (χ2n) is 1.72. The number of aromatic nitrogens is 2. The summed E-state index contributed by atoms with van der Waals surface area (Å²) in [4.78, 5) is 4.09. The molecule has 4 heteroatoms. The third-order valence-electron chi connectivity index (χ3n) is 1.15. The molecule has 0 aromatic carbocycles. The van der Waals surface area contributed by atoms with E-state index in [1.165, 1.54) is 0 Å².